The molecule has 6 nitrogen and oxygen atoms in total. The number of rotatable bonds is 9. The molecular weight excluding hydrogens is 510 g/mol. The van der Waals surface area contributed by atoms with Crippen molar-refractivity contribution in [2.24, 2.45) is 4.99 Å². The number of aliphatic imine (C=N–C) groups is 1. The summed E-state index contributed by atoms with van der Waals surface area (Å²) in [7, 11) is 1.59. The number of ether oxygens (including phenoxy) is 1. The third-order valence-electron chi connectivity index (χ3n) is 5.24. The summed E-state index contributed by atoms with van der Waals surface area (Å²) < 4.78 is 19.3. The van der Waals surface area contributed by atoms with E-state index in [4.69, 9.17) is 4.74 Å². The highest BCUT2D eigenvalue weighted by molar-refractivity contribution is 14.0. The summed E-state index contributed by atoms with van der Waals surface area (Å²) in [6.07, 6.45) is 1.88. The Kier molecular flexibility index (Phi) is 9.54. The van der Waals surface area contributed by atoms with Gasteiger partial charge in [-0.25, -0.2) is 4.39 Å². The molecule has 3 rings (SSSR count). The fraction of sp³-hybridized carbons (Fsp3) is 0.391. The van der Waals surface area contributed by atoms with E-state index >= 15 is 0 Å². The van der Waals surface area contributed by atoms with E-state index in [0.29, 0.717) is 36.9 Å². The fourth-order valence-electron chi connectivity index (χ4n) is 3.33. The molecule has 0 aromatic heterocycles. The predicted octanol–water partition coefficient (Wildman–Crippen LogP) is 3.47. The van der Waals surface area contributed by atoms with Crippen LogP contribution < -0.4 is 20.7 Å². The number of methoxy groups -OCH3 is 1. The van der Waals surface area contributed by atoms with Crippen molar-refractivity contribution in [3.05, 3.63) is 65.5 Å². The summed E-state index contributed by atoms with van der Waals surface area (Å²) in [6, 6.07) is 13.9. The van der Waals surface area contributed by atoms with Gasteiger partial charge in [-0.05, 0) is 55.7 Å². The van der Waals surface area contributed by atoms with Crippen LogP contribution in [-0.2, 0) is 5.41 Å². The van der Waals surface area contributed by atoms with Gasteiger partial charge in [0.2, 0.25) is 0 Å². The van der Waals surface area contributed by atoms with E-state index in [2.05, 4.69) is 20.9 Å². The molecule has 1 aliphatic carbocycles. The van der Waals surface area contributed by atoms with E-state index in [9.17, 15) is 9.18 Å². The lowest BCUT2D eigenvalue weighted by Gasteiger charge is -2.16. The van der Waals surface area contributed by atoms with E-state index in [1.54, 1.807) is 37.4 Å². The van der Waals surface area contributed by atoms with E-state index in [-0.39, 0.29) is 41.1 Å². The molecule has 3 N–H and O–H groups in total. The van der Waals surface area contributed by atoms with E-state index in [0.717, 1.165) is 24.9 Å². The Balaban J connectivity index is 0.00000341. The molecule has 0 saturated heterocycles. The Morgan fingerprint density at radius 3 is 2.35 bits per heavy atom. The van der Waals surface area contributed by atoms with Crippen LogP contribution in [0.2, 0.25) is 0 Å². The van der Waals surface area contributed by atoms with Crippen molar-refractivity contribution in [3.8, 4) is 5.75 Å². The largest absolute Gasteiger partial charge is 0.497 e. The van der Waals surface area contributed by atoms with Crippen molar-refractivity contribution in [2.75, 3.05) is 33.3 Å². The predicted molar refractivity (Wildman–Crippen MR) is 132 cm³/mol. The lowest BCUT2D eigenvalue weighted by atomic mass is 9.95. The Bertz CT molecular complexity index is 885. The smallest absolute Gasteiger partial charge is 0.251 e. The molecule has 0 aliphatic heterocycles. The van der Waals surface area contributed by atoms with Gasteiger partial charge in [0.05, 0.1) is 13.7 Å². The number of halogens is 2. The van der Waals surface area contributed by atoms with Gasteiger partial charge in [0.15, 0.2) is 5.96 Å². The van der Waals surface area contributed by atoms with Crippen molar-refractivity contribution in [1.82, 2.24) is 16.0 Å². The van der Waals surface area contributed by atoms with Crippen LogP contribution in [0.5, 0.6) is 5.75 Å². The van der Waals surface area contributed by atoms with Gasteiger partial charge in [-0.1, -0.05) is 18.2 Å². The molecule has 0 unspecified atom stereocenters. The van der Waals surface area contributed by atoms with Crippen molar-refractivity contribution < 1.29 is 13.9 Å². The average molecular weight is 540 g/mol. The summed E-state index contributed by atoms with van der Waals surface area (Å²) in [4.78, 5) is 16.9. The van der Waals surface area contributed by atoms with Crippen LogP contribution in [0.1, 0.15) is 35.7 Å². The van der Waals surface area contributed by atoms with Crippen LogP contribution in [0.3, 0.4) is 0 Å². The van der Waals surface area contributed by atoms with E-state index in [1.165, 1.54) is 6.07 Å². The van der Waals surface area contributed by atoms with Gasteiger partial charge < -0.3 is 20.7 Å². The molecule has 0 radical (unpaired) electrons. The van der Waals surface area contributed by atoms with Gasteiger partial charge in [0, 0.05) is 30.6 Å². The van der Waals surface area contributed by atoms with Crippen LogP contribution >= 0.6 is 24.0 Å². The monoisotopic (exact) mass is 540 g/mol. The standard InChI is InChI=1S/C23H29FN4O2.HI/c1-3-25-22(28-16-23(12-13-23)19-6-4-5-7-20(19)24)27-15-14-26-21(29)17-8-10-18(30-2)11-9-17;/h4-11H,3,12-16H2,1-2H3,(H,26,29)(H2,25,27,28);1H. The Morgan fingerprint density at radius 1 is 1.06 bits per heavy atom. The molecule has 1 fully saturated rings. The lowest BCUT2D eigenvalue weighted by molar-refractivity contribution is 0.0954. The van der Waals surface area contributed by atoms with Crippen LogP contribution in [0.15, 0.2) is 53.5 Å². The normalized spacial score (nSPS) is 14.2. The zero-order chi connectivity index (χ0) is 21.4. The van der Waals surface area contributed by atoms with Crippen molar-refractivity contribution in [3.63, 3.8) is 0 Å². The minimum atomic E-state index is -0.198. The zero-order valence-electron chi connectivity index (χ0n) is 17.9. The number of carbonyl (C=O) groups excluding carboxylic acids is 1. The second-order valence-corrected chi connectivity index (χ2v) is 7.37. The number of benzene rings is 2. The Morgan fingerprint density at radius 2 is 1.74 bits per heavy atom. The molecule has 168 valence electrons. The third kappa shape index (κ3) is 6.81. The molecule has 0 heterocycles. The van der Waals surface area contributed by atoms with Gasteiger partial charge in [0.1, 0.15) is 11.6 Å². The average Bonchev–Trinajstić information content (AvgIpc) is 3.56. The molecule has 0 spiro atoms. The summed E-state index contributed by atoms with van der Waals surface area (Å²) in [6.45, 7) is 4.22. The maximum atomic E-state index is 14.2. The van der Waals surface area contributed by atoms with Crippen LogP contribution in [0.25, 0.3) is 0 Å². The summed E-state index contributed by atoms with van der Waals surface area (Å²) in [5, 5.41) is 9.30. The topological polar surface area (TPSA) is 74.8 Å². The highest BCUT2D eigenvalue weighted by Gasteiger charge is 2.45. The van der Waals surface area contributed by atoms with Crippen LogP contribution in [0.4, 0.5) is 4.39 Å². The number of guanidine groups is 1. The van der Waals surface area contributed by atoms with Gasteiger partial charge >= 0.3 is 0 Å². The molecule has 0 atom stereocenters. The first kappa shape index (κ1) is 24.9. The molecular formula is C23H30FIN4O2. The van der Waals surface area contributed by atoms with E-state index < -0.39 is 0 Å². The van der Waals surface area contributed by atoms with Gasteiger partial charge in [-0.15, -0.1) is 24.0 Å². The number of hydrogen-bond donors (Lipinski definition) is 3. The fourth-order valence-corrected chi connectivity index (χ4v) is 3.33. The van der Waals surface area contributed by atoms with E-state index in [1.807, 2.05) is 19.1 Å². The van der Waals surface area contributed by atoms with Crippen molar-refractivity contribution in [1.29, 1.82) is 0 Å². The third-order valence-corrected chi connectivity index (χ3v) is 5.24. The molecule has 0 bridgehead atoms. The first-order valence-corrected chi connectivity index (χ1v) is 10.3. The molecule has 31 heavy (non-hydrogen) atoms. The minimum Gasteiger partial charge on any atom is -0.497 e. The van der Waals surface area contributed by atoms with Gasteiger partial charge in [-0.3, -0.25) is 9.79 Å². The number of amides is 1. The van der Waals surface area contributed by atoms with Crippen LogP contribution in [0, 0.1) is 5.82 Å². The number of hydrogen-bond acceptors (Lipinski definition) is 3. The van der Waals surface area contributed by atoms with Crippen LogP contribution in [-0.4, -0.2) is 45.2 Å². The summed E-state index contributed by atoms with van der Waals surface area (Å²) in [5.41, 5.74) is 1.13. The Hall–Kier alpha value is -2.36. The molecule has 8 heteroatoms. The first-order chi connectivity index (χ1) is 14.6. The number of nitrogens with zero attached hydrogens (tertiary/aromatic N) is 1. The summed E-state index contributed by atoms with van der Waals surface area (Å²) in [5.74, 6) is 1.07. The highest BCUT2D eigenvalue weighted by atomic mass is 127. The SMILES string of the molecule is CCNC(=NCC1(c2ccccc2F)CC1)NCCNC(=O)c1ccc(OC)cc1.I. The zero-order valence-corrected chi connectivity index (χ0v) is 20.2. The minimum absolute atomic E-state index is 0. The Labute approximate surface area is 200 Å². The first-order valence-electron chi connectivity index (χ1n) is 10.3. The molecule has 1 aliphatic rings. The second-order valence-electron chi connectivity index (χ2n) is 7.37. The number of carbonyl (C=O) groups is 1. The summed E-state index contributed by atoms with van der Waals surface area (Å²) >= 11 is 0. The maximum Gasteiger partial charge on any atom is 0.251 e. The second kappa shape index (κ2) is 11.9. The molecule has 2 aromatic rings. The lowest BCUT2D eigenvalue weighted by Crippen LogP contribution is -2.42. The van der Waals surface area contributed by atoms with Crippen molar-refractivity contribution >= 4 is 35.8 Å². The highest BCUT2D eigenvalue weighted by Crippen LogP contribution is 2.49. The van der Waals surface area contributed by atoms with Gasteiger partial charge in [0.25, 0.3) is 5.91 Å². The molecule has 2 aromatic carbocycles. The molecule has 1 saturated carbocycles. The van der Waals surface area contributed by atoms with Crippen molar-refractivity contribution in [2.45, 2.75) is 25.2 Å². The maximum absolute atomic E-state index is 14.2. The quantitative estimate of drug-likeness (QED) is 0.197. The number of nitrogens with one attached hydrogen (secondary N) is 3. The van der Waals surface area contributed by atoms with Gasteiger partial charge in [-0.2, -0.15) is 0 Å². The molecule has 1 amide bonds.